The number of aryl methyl sites for hydroxylation is 1. The second-order valence-corrected chi connectivity index (χ2v) is 10.7. The van der Waals surface area contributed by atoms with E-state index < -0.39 is 27.9 Å². The van der Waals surface area contributed by atoms with E-state index in [1.54, 1.807) is 4.68 Å². The minimum Gasteiger partial charge on any atom is -0.468 e. The molecule has 0 fully saturated rings. The van der Waals surface area contributed by atoms with Crippen molar-refractivity contribution in [1.82, 2.24) is 19.3 Å². The topological polar surface area (TPSA) is 94.4 Å². The predicted octanol–water partition coefficient (Wildman–Crippen LogP) is 3.53. The van der Waals surface area contributed by atoms with Crippen molar-refractivity contribution in [2.75, 3.05) is 7.11 Å². The number of benzene rings is 2. The number of sulfonamides is 1. The summed E-state index contributed by atoms with van der Waals surface area (Å²) in [7, 11) is -2.96. The van der Waals surface area contributed by atoms with Gasteiger partial charge in [-0.1, -0.05) is 48.9 Å². The fourth-order valence-corrected chi connectivity index (χ4v) is 5.92. The van der Waals surface area contributed by atoms with Crippen LogP contribution in [0, 0.1) is 18.7 Å². The van der Waals surface area contributed by atoms with Gasteiger partial charge in [0.15, 0.2) is 0 Å². The van der Waals surface area contributed by atoms with E-state index >= 15 is 0 Å². The Kier molecular flexibility index (Phi) is 6.55. The number of hydrogen-bond acceptors (Lipinski definition) is 6. The van der Waals surface area contributed by atoms with Crippen LogP contribution >= 0.6 is 0 Å². The molecule has 0 radical (unpaired) electrons. The predicted molar refractivity (Wildman–Crippen MR) is 124 cm³/mol. The molecule has 180 valence electrons. The lowest BCUT2D eigenvalue weighted by Crippen LogP contribution is -2.45. The van der Waals surface area contributed by atoms with Crippen LogP contribution in [0.4, 0.5) is 4.39 Å². The Labute approximate surface area is 198 Å². The van der Waals surface area contributed by atoms with E-state index in [1.807, 2.05) is 45.0 Å². The van der Waals surface area contributed by atoms with Crippen molar-refractivity contribution in [3.8, 4) is 11.3 Å². The summed E-state index contributed by atoms with van der Waals surface area (Å²) in [5.74, 6) is -1.22. The Morgan fingerprint density at radius 3 is 2.53 bits per heavy atom. The van der Waals surface area contributed by atoms with Crippen molar-refractivity contribution >= 4 is 16.0 Å². The molecule has 1 aromatic heterocycles. The van der Waals surface area contributed by atoms with Crippen LogP contribution in [-0.2, 0) is 32.6 Å². The molecule has 0 bridgehead atoms. The van der Waals surface area contributed by atoms with Crippen molar-refractivity contribution < 1.29 is 22.3 Å². The number of halogens is 1. The molecule has 0 unspecified atom stereocenters. The average Bonchev–Trinajstić information content (AvgIpc) is 3.14. The fourth-order valence-electron chi connectivity index (χ4n) is 4.19. The number of methoxy groups -OCH3 is 1. The van der Waals surface area contributed by atoms with Gasteiger partial charge in [-0.05, 0) is 43.0 Å². The summed E-state index contributed by atoms with van der Waals surface area (Å²) in [6.45, 7) is 5.91. The van der Waals surface area contributed by atoms with Crippen molar-refractivity contribution in [3.05, 3.63) is 65.1 Å². The van der Waals surface area contributed by atoms with Crippen LogP contribution in [0.5, 0.6) is 0 Å². The van der Waals surface area contributed by atoms with Gasteiger partial charge in [0.1, 0.15) is 17.6 Å². The SMILES string of the molecule is COC(=O)[C@H](CC(C)C)N1Cc2nnn(Cc3ccc(C)cc3)c2-c2cc(F)ccc2S1(=O)=O. The van der Waals surface area contributed by atoms with Crippen molar-refractivity contribution in [2.45, 2.75) is 51.2 Å². The van der Waals surface area contributed by atoms with Gasteiger partial charge in [-0.3, -0.25) is 4.79 Å². The number of carbonyl (C=O) groups excluding carboxylic acids is 1. The molecule has 34 heavy (non-hydrogen) atoms. The van der Waals surface area contributed by atoms with Crippen LogP contribution in [0.1, 0.15) is 37.1 Å². The maximum absolute atomic E-state index is 14.4. The summed E-state index contributed by atoms with van der Waals surface area (Å²) in [5, 5.41) is 8.51. The third-order valence-corrected chi connectivity index (χ3v) is 7.78. The largest absolute Gasteiger partial charge is 0.468 e. The molecule has 1 atom stereocenters. The smallest absolute Gasteiger partial charge is 0.324 e. The molecular weight excluding hydrogens is 459 g/mol. The zero-order valence-corrected chi connectivity index (χ0v) is 20.3. The van der Waals surface area contributed by atoms with E-state index in [2.05, 4.69) is 10.3 Å². The van der Waals surface area contributed by atoms with Crippen LogP contribution in [0.2, 0.25) is 0 Å². The first-order valence-electron chi connectivity index (χ1n) is 11.0. The summed E-state index contributed by atoms with van der Waals surface area (Å²) in [6.07, 6.45) is 0.259. The molecule has 10 heteroatoms. The van der Waals surface area contributed by atoms with Gasteiger partial charge in [-0.15, -0.1) is 5.10 Å². The minimum absolute atomic E-state index is 0.0203. The molecule has 8 nitrogen and oxygen atoms in total. The van der Waals surface area contributed by atoms with Gasteiger partial charge in [-0.2, -0.15) is 4.31 Å². The Morgan fingerprint density at radius 1 is 1.18 bits per heavy atom. The molecule has 0 N–H and O–H groups in total. The molecular formula is C24H27FN4O4S. The van der Waals surface area contributed by atoms with E-state index in [9.17, 15) is 17.6 Å². The normalized spacial score (nSPS) is 15.9. The maximum Gasteiger partial charge on any atom is 0.324 e. The zero-order valence-electron chi connectivity index (χ0n) is 19.5. The third kappa shape index (κ3) is 4.47. The highest BCUT2D eigenvalue weighted by molar-refractivity contribution is 7.89. The first-order chi connectivity index (χ1) is 16.1. The lowest BCUT2D eigenvalue weighted by molar-refractivity contribution is -0.145. The van der Waals surface area contributed by atoms with E-state index in [-0.39, 0.29) is 29.3 Å². The Bertz CT molecular complexity index is 1320. The number of ether oxygens (including phenoxy) is 1. The Balaban J connectivity index is 1.90. The maximum atomic E-state index is 14.4. The van der Waals surface area contributed by atoms with Gasteiger partial charge in [0.25, 0.3) is 0 Å². The molecule has 0 spiro atoms. The van der Waals surface area contributed by atoms with E-state index in [0.717, 1.165) is 21.5 Å². The third-order valence-electron chi connectivity index (χ3n) is 5.86. The van der Waals surface area contributed by atoms with Gasteiger partial charge in [0.05, 0.1) is 30.8 Å². The Hall–Kier alpha value is -3.11. The first-order valence-corrected chi connectivity index (χ1v) is 12.4. The lowest BCUT2D eigenvalue weighted by atomic mass is 10.0. The summed E-state index contributed by atoms with van der Waals surface area (Å²) < 4.78 is 49.6. The second kappa shape index (κ2) is 9.27. The Morgan fingerprint density at radius 2 is 1.88 bits per heavy atom. The van der Waals surface area contributed by atoms with E-state index in [4.69, 9.17) is 4.74 Å². The highest BCUT2D eigenvalue weighted by atomic mass is 32.2. The number of fused-ring (bicyclic) bond motifs is 3. The minimum atomic E-state index is -4.18. The standard InChI is InChI=1S/C24H27FN4O4S/c1-15(2)11-21(24(30)33-4)29-14-20-23(19-12-18(25)9-10-22(19)34(29,31)32)28(27-26-20)13-17-7-5-16(3)6-8-17/h5-10,12,15,21H,11,13-14H2,1-4H3/t21-/m0/s1. The van der Waals surface area contributed by atoms with Crippen LogP contribution in [0.15, 0.2) is 47.4 Å². The van der Waals surface area contributed by atoms with Crippen molar-refractivity contribution in [1.29, 1.82) is 0 Å². The quantitative estimate of drug-likeness (QED) is 0.495. The molecule has 4 rings (SSSR count). The van der Waals surface area contributed by atoms with Gasteiger partial charge < -0.3 is 4.74 Å². The number of rotatable bonds is 6. The second-order valence-electron chi connectivity index (χ2n) is 8.89. The summed E-state index contributed by atoms with van der Waals surface area (Å²) >= 11 is 0. The van der Waals surface area contributed by atoms with Gasteiger partial charge in [0.2, 0.25) is 10.0 Å². The summed E-state index contributed by atoms with van der Waals surface area (Å²) in [4.78, 5) is 12.6. The molecule has 2 heterocycles. The van der Waals surface area contributed by atoms with E-state index in [1.165, 1.54) is 19.2 Å². The number of aromatic nitrogens is 3. The van der Waals surface area contributed by atoms with Crippen LogP contribution in [-0.4, -0.2) is 46.8 Å². The number of esters is 1. The van der Waals surface area contributed by atoms with Crippen molar-refractivity contribution in [2.24, 2.45) is 5.92 Å². The molecule has 0 amide bonds. The first kappa shape index (κ1) is 24.0. The average molecular weight is 487 g/mol. The molecule has 1 aliphatic heterocycles. The molecule has 0 aliphatic carbocycles. The van der Waals surface area contributed by atoms with Crippen LogP contribution in [0.25, 0.3) is 11.3 Å². The monoisotopic (exact) mass is 486 g/mol. The van der Waals surface area contributed by atoms with Gasteiger partial charge in [-0.25, -0.2) is 17.5 Å². The highest BCUT2D eigenvalue weighted by Gasteiger charge is 2.42. The molecule has 1 aliphatic rings. The lowest BCUT2D eigenvalue weighted by Gasteiger charge is -2.28. The summed E-state index contributed by atoms with van der Waals surface area (Å²) in [5.41, 5.74) is 2.97. The molecule has 2 aromatic carbocycles. The van der Waals surface area contributed by atoms with Crippen LogP contribution < -0.4 is 0 Å². The van der Waals surface area contributed by atoms with Gasteiger partial charge >= 0.3 is 5.97 Å². The van der Waals surface area contributed by atoms with Crippen molar-refractivity contribution in [3.63, 3.8) is 0 Å². The molecule has 0 saturated heterocycles. The van der Waals surface area contributed by atoms with E-state index in [0.29, 0.717) is 17.9 Å². The molecule has 3 aromatic rings. The summed E-state index contributed by atoms with van der Waals surface area (Å²) in [6, 6.07) is 10.3. The number of nitrogens with zero attached hydrogens (tertiary/aromatic N) is 4. The van der Waals surface area contributed by atoms with Gasteiger partial charge in [0, 0.05) is 5.56 Å². The number of carbonyl (C=O) groups is 1. The molecule has 0 saturated carbocycles. The van der Waals surface area contributed by atoms with Crippen LogP contribution in [0.3, 0.4) is 0 Å². The number of hydrogen-bond donors (Lipinski definition) is 0. The zero-order chi connectivity index (χ0) is 24.6. The fraction of sp³-hybridized carbons (Fsp3) is 0.375. The highest BCUT2D eigenvalue weighted by Crippen LogP contribution is 2.38.